The molecule has 2 aromatic carbocycles. The topological polar surface area (TPSA) is 86.8 Å². The van der Waals surface area contributed by atoms with Gasteiger partial charge in [0, 0.05) is 19.2 Å². The Bertz CT molecular complexity index is 1070. The zero-order chi connectivity index (χ0) is 23.3. The zero-order valence-corrected chi connectivity index (χ0v) is 19.2. The summed E-state index contributed by atoms with van der Waals surface area (Å²) in [4.78, 5) is 26.7. The number of aryl methyl sites for hydroxylation is 2. The zero-order valence-electron chi connectivity index (χ0n) is 18.3. The minimum Gasteiger partial charge on any atom is -0.357 e. The van der Waals surface area contributed by atoms with Gasteiger partial charge in [-0.1, -0.05) is 35.9 Å². The maximum absolute atomic E-state index is 14.2. The van der Waals surface area contributed by atoms with Crippen molar-refractivity contribution in [3.63, 3.8) is 0 Å². The molecule has 2 amide bonds. The highest BCUT2D eigenvalue weighted by Crippen LogP contribution is 2.24. The summed E-state index contributed by atoms with van der Waals surface area (Å²) < 4.78 is 40.3. The Morgan fingerprint density at radius 1 is 1.13 bits per heavy atom. The lowest BCUT2D eigenvalue weighted by molar-refractivity contribution is -0.139. The fourth-order valence-corrected chi connectivity index (χ4v) is 4.19. The molecule has 9 heteroatoms. The molecule has 1 atom stereocenters. The number of likely N-dealkylation sites (N-methyl/N-ethyl adjacent to an activating group) is 1. The van der Waals surface area contributed by atoms with E-state index in [9.17, 15) is 22.4 Å². The fraction of sp³-hybridized carbons (Fsp3) is 0.364. The van der Waals surface area contributed by atoms with Gasteiger partial charge in [-0.3, -0.25) is 13.9 Å². The number of nitrogens with one attached hydrogen (secondary N) is 1. The average Bonchev–Trinajstić information content (AvgIpc) is 2.70. The van der Waals surface area contributed by atoms with Crippen LogP contribution in [0.15, 0.2) is 42.5 Å². The van der Waals surface area contributed by atoms with Crippen LogP contribution in [0.25, 0.3) is 0 Å². The summed E-state index contributed by atoms with van der Waals surface area (Å²) in [7, 11) is -2.37. The molecule has 31 heavy (non-hydrogen) atoms. The Balaban J connectivity index is 2.43. The summed E-state index contributed by atoms with van der Waals surface area (Å²) in [6, 6.07) is 10.2. The molecule has 1 N–H and O–H groups in total. The first-order chi connectivity index (χ1) is 14.5. The number of benzene rings is 2. The molecule has 2 aromatic rings. The third kappa shape index (κ3) is 6.04. The number of sulfonamides is 1. The van der Waals surface area contributed by atoms with Crippen molar-refractivity contribution in [3.05, 3.63) is 65.0 Å². The Morgan fingerprint density at radius 3 is 2.32 bits per heavy atom. The second-order valence-electron chi connectivity index (χ2n) is 7.46. The van der Waals surface area contributed by atoms with E-state index in [-0.39, 0.29) is 12.1 Å². The first kappa shape index (κ1) is 24.3. The van der Waals surface area contributed by atoms with Crippen LogP contribution in [-0.4, -0.2) is 51.0 Å². The van der Waals surface area contributed by atoms with E-state index in [0.29, 0.717) is 11.3 Å². The standard InChI is InChI=1S/C22H28FN3O4S/c1-15-10-11-20(16(2)12-15)26(31(5,29)30)14-21(27)25(17(3)22(28)24-4)13-18-8-6-7-9-19(18)23/h6-12,17H,13-14H2,1-5H3,(H,24,28)/t17-/m0/s1. The number of carbonyl (C=O) groups is 2. The van der Waals surface area contributed by atoms with Gasteiger partial charge in [-0.25, -0.2) is 12.8 Å². The highest BCUT2D eigenvalue weighted by Gasteiger charge is 2.30. The van der Waals surface area contributed by atoms with Gasteiger partial charge in [0.2, 0.25) is 21.8 Å². The summed E-state index contributed by atoms with van der Waals surface area (Å²) in [6.07, 6.45) is 1.02. The number of carbonyl (C=O) groups excluding carboxylic acids is 2. The molecular weight excluding hydrogens is 421 g/mol. The van der Waals surface area contributed by atoms with E-state index >= 15 is 0 Å². The number of amides is 2. The Hall–Kier alpha value is -2.94. The van der Waals surface area contributed by atoms with Crippen LogP contribution < -0.4 is 9.62 Å². The predicted molar refractivity (Wildman–Crippen MR) is 119 cm³/mol. The molecule has 7 nitrogen and oxygen atoms in total. The number of rotatable bonds is 8. The lowest BCUT2D eigenvalue weighted by atomic mass is 10.1. The monoisotopic (exact) mass is 449 g/mol. The lowest BCUT2D eigenvalue weighted by Crippen LogP contribution is -2.50. The van der Waals surface area contributed by atoms with Gasteiger partial charge in [0.1, 0.15) is 18.4 Å². The predicted octanol–water partition coefficient (Wildman–Crippen LogP) is 2.37. The smallest absolute Gasteiger partial charge is 0.244 e. The van der Waals surface area contributed by atoms with Gasteiger partial charge in [-0.2, -0.15) is 0 Å². The quantitative estimate of drug-likeness (QED) is 0.670. The van der Waals surface area contributed by atoms with E-state index < -0.39 is 40.2 Å². The van der Waals surface area contributed by atoms with Crippen LogP contribution in [0.1, 0.15) is 23.6 Å². The van der Waals surface area contributed by atoms with Crippen molar-refractivity contribution in [2.24, 2.45) is 0 Å². The van der Waals surface area contributed by atoms with Crippen LogP contribution in [0.3, 0.4) is 0 Å². The molecule has 0 radical (unpaired) electrons. The second-order valence-corrected chi connectivity index (χ2v) is 9.37. The minimum absolute atomic E-state index is 0.176. The average molecular weight is 450 g/mol. The van der Waals surface area contributed by atoms with Gasteiger partial charge in [-0.05, 0) is 38.5 Å². The van der Waals surface area contributed by atoms with Crippen LogP contribution in [0.5, 0.6) is 0 Å². The molecule has 0 aliphatic rings. The number of anilines is 1. The molecule has 0 spiro atoms. The highest BCUT2D eigenvalue weighted by molar-refractivity contribution is 7.92. The molecule has 0 heterocycles. The molecule has 0 saturated carbocycles. The van der Waals surface area contributed by atoms with Crippen LogP contribution in [-0.2, 0) is 26.2 Å². The van der Waals surface area contributed by atoms with Gasteiger partial charge in [0.25, 0.3) is 0 Å². The molecule has 0 unspecified atom stereocenters. The van der Waals surface area contributed by atoms with Gasteiger partial charge in [-0.15, -0.1) is 0 Å². The van der Waals surface area contributed by atoms with E-state index in [1.807, 2.05) is 13.0 Å². The van der Waals surface area contributed by atoms with Crippen LogP contribution >= 0.6 is 0 Å². The van der Waals surface area contributed by atoms with E-state index in [1.165, 1.54) is 37.1 Å². The summed E-state index contributed by atoms with van der Waals surface area (Å²) >= 11 is 0. The molecule has 0 aliphatic carbocycles. The normalized spacial score (nSPS) is 12.2. The molecule has 0 fully saturated rings. The van der Waals surface area contributed by atoms with Crippen molar-refractivity contribution >= 4 is 27.5 Å². The van der Waals surface area contributed by atoms with Crippen molar-refractivity contribution in [3.8, 4) is 0 Å². The van der Waals surface area contributed by atoms with Crippen LogP contribution in [0, 0.1) is 19.7 Å². The summed E-state index contributed by atoms with van der Waals surface area (Å²) in [5, 5.41) is 2.47. The SMILES string of the molecule is CNC(=O)[C@H](C)N(Cc1ccccc1F)C(=O)CN(c1ccc(C)cc1C)S(C)(=O)=O. The third-order valence-electron chi connectivity index (χ3n) is 5.01. The molecule has 168 valence electrons. The molecule has 0 aliphatic heterocycles. The van der Waals surface area contributed by atoms with Crippen molar-refractivity contribution in [1.29, 1.82) is 0 Å². The number of hydrogen-bond donors (Lipinski definition) is 1. The van der Waals surface area contributed by atoms with Crippen molar-refractivity contribution < 1.29 is 22.4 Å². The van der Waals surface area contributed by atoms with Crippen LogP contribution in [0.4, 0.5) is 10.1 Å². The van der Waals surface area contributed by atoms with E-state index in [2.05, 4.69) is 5.32 Å². The van der Waals surface area contributed by atoms with Crippen molar-refractivity contribution in [2.75, 3.05) is 24.2 Å². The lowest BCUT2D eigenvalue weighted by Gasteiger charge is -2.31. The summed E-state index contributed by atoms with van der Waals surface area (Å²) in [5.74, 6) is -1.58. The second kappa shape index (κ2) is 9.91. The number of nitrogens with zero attached hydrogens (tertiary/aromatic N) is 2. The Morgan fingerprint density at radius 2 is 1.77 bits per heavy atom. The number of hydrogen-bond acceptors (Lipinski definition) is 4. The van der Waals surface area contributed by atoms with Gasteiger partial charge in [0.15, 0.2) is 0 Å². The Labute approximate surface area is 182 Å². The maximum Gasteiger partial charge on any atom is 0.244 e. The Kier molecular flexibility index (Phi) is 7.78. The van der Waals surface area contributed by atoms with Gasteiger partial charge < -0.3 is 10.2 Å². The maximum atomic E-state index is 14.2. The first-order valence-electron chi connectivity index (χ1n) is 9.75. The molecule has 0 aromatic heterocycles. The molecule has 0 bridgehead atoms. The molecule has 0 saturated heterocycles. The fourth-order valence-electron chi connectivity index (χ4n) is 3.28. The summed E-state index contributed by atoms with van der Waals surface area (Å²) in [5.41, 5.74) is 2.25. The molecule has 2 rings (SSSR count). The van der Waals surface area contributed by atoms with Crippen molar-refractivity contribution in [1.82, 2.24) is 10.2 Å². The van der Waals surface area contributed by atoms with E-state index in [1.54, 1.807) is 25.1 Å². The minimum atomic E-state index is -3.80. The van der Waals surface area contributed by atoms with Gasteiger partial charge >= 0.3 is 0 Å². The molecular formula is C22H28FN3O4S. The summed E-state index contributed by atoms with van der Waals surface area (Å²) in [6.45, 7) is 4.46. The van der Waals surface area contributed by atoms with Crippen molar-refractivity contribution in [2.45, 2.75) is 33.4 Å². The van der Waals surface area contributed by atoms with Crippen LogP contribution in [0.2, 0.25) is 0 Å². The highest BCUT2D eigenvalue weighted by atomic mass is 32.2. The van der Waals surface area contributed by atoms with E-state index in [4.69, 9.17) is 0 Å². The first-order valence-corrected chi connectivity index (χ1v) is 11.6. The van der Waals surface area contributed by atoms with Gasteiger partial charge in [0.05, 0.1) is 11.9 Å². The number of halogens is 1. The van der Waals surface area contributed by atoms with E-state index in [0.717, 1.165) is 16.1 Å². The third-order valence-corrected chi connectivity index (χ3v) is 6.14. The largest absolute Gasteiger partial charge is 0.357 e.